The summed E-state index contributed by atoms with van der Waals surface area (Å²) in [6.07, 6.45) is 3.45. The summed E-state index contributed by atoms with van der Waals surface area (Å²) in [5, 5.41) is 4.25. The first-order chi connectivity index (χ1) is 16.0. The first-order valence-electron chi connectivity index (χ1n) is 10.6. The molecule has 5 rings (SSSR count). The molecule has 0 aliphatic heterocycles. The lowest BCUT2D eigenvalue weighted by molar-refractivity contribution is 0.101. The Morgan fingerprint density at radius 3 is 2.76 bits per heavy atom. The second-order valence-electron chi connectivity index (χ2n) is 8.01. The van der Waals surface area contributed by atoms with Gasteiger partial charge in [0, 0.05) is 35.8 Å². The van der Waals surface area contributed by atoms with Gasteiger partial charge in [-0.2, -0.15) is 5.10 Å². The molecule has 33 heavy (non-hydrogen) atoms. The Balaban J connectivity index is 1.55. The highest BCUT2D eigenvalue weighted by molar-refractivity contribution is 5.95. The van der Waals surface area contributed by atoms with E-state index in [4.69, 9.17) is 9.97 Å². The number of nitrogens with zero attached hydrogens (tertiary/aromatic N) is 6. The van der Waals surface area contributed by atoms with E-state index in [0.717, 1.165) is 45.5 Å². The molecule has 0 aliphatic rings. The molecule has 8 heteroatoms. The number of benzene rings is 1. The summed E-state index contributed by atoms with van der Waals surface area (Å²) in [5.41, 5.74) is 6.71. The highest BCUT2D eigenvalue weighted by Crippen LogP contribution is 2.30. The van der Waals surface area contributed by atoms with Gasteiger partial charge < -0.3 is 9.88 Å². The van der Waals surface area contributed by atoms with E-state index in [-0.39, 0.29) is 5.78 Å². The Bertz CT molecular complexity index is 1470. The number of fused-ring (bicyclic) bond motifs is 1. The standard InChI is InChI=1S/C25H23N7O/c1-16-6-4-9-21(28-16)25-24(19-10-11-23-26-15-27-32(23)13-19)29-22(30-25)14-31(3)20-8-5-7-18(12-20)17(2)33/h4-13,15H,14H2,1-3H3,(H,29,30). The number of carbonyl (C=O) groups excluding carboxylic acids is 1. The molecule has 4 heterocycles. The lowest BCUT2D eigenvalue weighted by Crippen LogP contribution is -2.17. The molecule has 164 valence electrons. The number of anilines is 1. The normalized spacial score (nSPS) is 11.1. The smallest absolute Gasteiger partial charge is 0.159 e. The van der Waals surface area contributed by atoms with Crippen LogP contribution in [0.1, 0.15) is 28.8 Å². The Labute approximate surface area is 191 Å². The summed E-state index contributed by atoms with van der Waals surface area (Å²) in [7, 11) is 1.98. The average Bonchev–Trinajstić information content (AvgIpc) is 3.45. The fraction of sp³-hybridized carbons (Fsp3) is 0.160. The van der Waals surface area contributed by atoms with Gasteiger partial charge >= 0.3 is 0 Å². The van der Waals surface area contributed by atoms with Crippen molar-refractivity contribution in [3.63, 3.8) is 0 Å². The van der Waals surface area contributed by atoms with Crippen LogP contribution in [0.2, 0.25) is 0 Å². The molecular weight excluding hydrogens is 414 g/mol. The van der Waals surface area contributed by atoms with Crippen LogP contribution in [-0.4, -0.2) is 42.4 Å². The van der Waals surface area contributed by atoms with E-state index < -0.39 is 0 Å². The second kappa shape index (κ2) is 8.31. The van der Waals surface area contributed by atoms with Gasteiger partial charge in [0.2, 0.25) is 0 Å². The number of ketones is 1. The molecule has 0 saturated heterocycles. The lowest BCUT2D eigenvalue weighted by atomic mass is 10.1. The van der Waals surface area contributed by atoms with Crippen LogP contribution in [0.25, 0.3) is 28.3 Å². The van der Waals surface area contributed by atoms with Crippen molar-refractivity contribution in [2.24, 2.45) is 0 Å². The number of carbonyl (C=O) groups is 1. The Morgan fingerprint density at radius 2 is 1.94 bits per heavy atom. The second-order valence-corrected chi connectivity index (χ2v) is 8.01. The molecule has 0 bridgehead atoms. The number of Topliss-reactive ketones (excluding diaryl/α,β-unsaturated/α-hetero) is 1. The van der Waals surface area contributed by atoms with E-state index in [1.807, 2.05) is 74.8 Å². The summed E-state index contributed by atoms with van der Waals surface area (Å²) in [4.78, 5) is 31.2. The van der Waals surface area contributed by atoms with Gasteiger partial charge in [-0.1, -0.05) is 18.2 Å². The minimum atomic E-state index is 0.0434. The Kier molecular flexibility index (Phi) is 5.18. The maximum absolute atomic E-state index is 11.8. The zero-order valence-corrected chi connectivity index (χ0v) is 18.6. The van der Waals surface area contributed by atoms with E-state index in [1.54, 1.807) is 11.4 Å². The van der Waals surface area contributed by atoms with E-state index in [0.29, 0.717) is 12.1 Å². The molecule has 0 spiro atoms. The van der Waals surface area contributed by atoms with Crippen LogP contribution >= 0.6 is 0 Å². The van der Waals surface area contributed by atoms with Gasteiger partial charge in [-0.15, -0.1) is 0 Å². The third-order valence-electron chi connectivity index (χ3n) is 5.53. The van der Waals surface area contributed by atoms with Crippen molar-refractivity contribution in [3.8, 4) is 22.6 Å². The molecule has 1 N–H and O–H groups in total. The van der Waals surface area contributed by atoms with Crippen LogP contribution in [0.4, 0.5) is 5.69 Å². The number of pyridine rings is 2. The first-order valence-corrected chi connectivity index (χ1v) is 10.6. The van der Waals surface area contributed by atoms with Crippen LogP contribution in [-0.2, 0) is 6.54 Å². The van der Waals surface area contributed by atoms with Crippen molar-refractivity contribution in [3.05, 3.63) is 84.2 Å². The third-order valence-corrected chi connectivity index (χ3v) is 5.53. The molecular formula is C25H23N7O. The van der Waals surface area contributed by atoms with Crippen molar-refractivity contribution in [2.45, 2.75) is 20.4 Å². The maximum Gasteiger partial charge on any atom is 0.159 e. The molecule has 5 aromatic rings. The number of aromatic nitrogens is 6. The molecule has 8 nitrogen and oxygen atoms in total. The number of hydrogen-bond donors (Lipinski definition) is 1. The van der Waals surface area contributed by atoms with E-state index in [2.05, 4.69) is 20.0 Å². The summed E-state index contributed by atoms with van der Waals surface area (Å²) in [6, 6.07) is 17.4. The van der Waals surface area contributed by atoms with Gasteiger partial charge in [0.05, 0.1) is 23.6 Å². The van der Waals surface area contributed by atoms with Gasteiger partial charge in [-0.3, -0.25) is 9.78 Å². The van der Waals surface area contributed by atoms with Gasteiger partial charge in [-0.25, -0.2) is 14.5 Å². The van der Waals surface area contributed by atoms with E-state index >= 15 is 0 Å². The zero-order chi connectivity index (χ0) is 22.9. The topological polar surface area (TPSA) is 92.1 Å². The lowest BCUT2D eigenvalue weighted by Gasteiger charge is -2.18. The molecule has 0 unspecified atom stereocenters. The minimum Gasteiger partial charge on any atom is -0.367 e. The highest BCUT2D eigenvalue weighted by Gasteiger charge is 2.17. The summed E-state index contributed by atoms with van der Waals surface area (Å²) in [5.74, 6) is 0.833. The molecule has 0 atom stereocenters. The van der Waals surface area contributed by atoms with Gasteiger partial charge in [0.25, 0.3) is 0 Å². The molecule has 0 aliphatic carbocycles. The SMILES string of the molecule is CC(=O)c1cccc(N(C)Cc2nc(-c3ccc4ncnn4c3)c(-c3cccc(C)n3)[nH]2)c1. The predicted molar refractivity (Wildman–Crippen MR) is 127 cm³/mol. The number of rotatable bonds is 6. The summed E-state index contributed by atoms with van der Waals surface area (Å²) < 4.78 is 1.73. The van der Waals surface area contributed by atoms with Gasteiger partial charge in [0.1, 0.15) is 12.2 Å². The van der Waals surface area contributed by atoms with Crippen LogP contribution in [0.3, 0.4) is 0 Å². The van der Waals surface area contributed by atoms with Crippen molar-refractivity contribution in [1.82, 2.24) is 29.5 Å². The number of aryl methyl sites for hydroxylation is 1. The molecule has 0 saturated carbocycles. The van der Waals surface area contributed by atoms with Crippen LogP contribution in [0.15, 0.2) is 67.1 Å². The number of aromatic amines is 1. The number of imidazole rings is 1. The van der Waals surface area contributed by atoms with Crippen molar-refractivity contribution < 1.29 is 4.79 Å². The van der Waals surface area contributed by atoms with Crippen molar-refractivity contribution in [1.29, 1.82) is 0 Å². The minimum absolute atomic E-state index is 0.0434. The quantitative estimate of drug-likeness (QED) is 0.398. The molecule has 0 radical (unpaired) electrons. The van der Waals surface area contributed by atoms with Gasteiger partial charge in [0.15, 0.2) is 11.4 Å². The summed E-state index contributed by atoms with van der Waals surface area (Å²) >= 11 is 0. The fourth-order valence-electron chi connectivity index (χ4n) is 3.81. The van der Waals surface area contributed by atoms with Gasteiger partial charge in [-0.05, 0) is 50.2 Å². The molecule has 0 amide bonds. The number of H-pyrrole nitrogens is 1. The molecule has 0 fully saturated rings. The fourth-order valence-corrected chi connectivity index (χ4v) is 3.81. The zero-order valence-electron chi connectivity index (χ0n) is 18.6. The summed E-state index contributed by atoms with van der Waals surface area (Å²) in [6.45, 7) is 4.08. The van der Waals surface area contributed by atoms with Crippen molar-refractivity contribution >= 4 is 17.1 Å². The van der Waals surface area contributed by atoms with E-state index in [1.165, 1.54) is 6.33 Å². The van der Waals surface area contributed by atoms with E-state index in [9.17, 15) is 4.79 Å². The van der Waals surface area contributed by atoms with Crippen LogP contribution in [0, 0.1) is 6.92 Å². The largest absolute Gasteiger partial charge is 0.367 e. The number of hydrogen-bond acceptors (Lipinski definition) is 6. The molecule has 1 aromatic carbocycles. The highest BCUT2D eigenvalue weighted by atomic mass is 16.1. The van der Waals surface area contributed by atoms with Crippen molar-refractivity contribution in [2.75, 3.05) is 11.9 Å². The Hall–Kier alpha value is -4.33. The monoisotopic (exact) mass is 437 g/mol. The predicted octanol–water partition coefficient (Wildman–Crippen LogP) is 4.33. The van der Waals surface area contributed by atoms with Crippen LogP contribution < -0.4 is 4.90 Å². The number of nitrogens with one attached hydrogen (secondary N) is 1. The molecule has 4 aromatic heterocycles. The maximum atomic E-state index is 11.8. The van der Waals surface area contributed by atoms with Crippen LogP contribution in [0.5, 0.6) is 0 Å². The third kappa shape index (κ3) is 4.10. The Morgan fingerprint density at radius 1 is 1.09 bits per heavy atom. The average molecular weight is 438 g/mol. The first kappa shape index (κ1) is 20.6.